The highest BCUT2D eigenvalue weighted by Crippen LogP contribution is 2.28. The number of nitro groups is 1. The second kappa shape index (κ2) is 6.71. The van der Waals surface area contributed by atoms with Gasteiger partial charge in [0.05, 0.1) is 9.95 Å². The van der Waals surface area contributed by atoms with Gasteiger partial charge in [0.2, 0.25) is 0 Å². The van der Waals surface area contributed by atoms with Crippen molar-refractivity contribution < 1.29 is 4.92 Å². The van der Waals surface area contributed by atoms with Gasteiger partial charge in [0.15, 0.2) is 0 Å². The second-order valence-corrected chi connectivity index (χ2v) is 5.33. The molecule has 1 aromatic carbocycles. The predicted octanol–water partition coefficient (Wildman–Crippen LogP) is 3.55. The Kier molecular flexibility index (Phi) is 5.56. The summed E-state index contributed by atoms with van der Waals surface area (Å²) in [6.45, 7) is 4.22. The molecule has 0 aliphatic carbocycles. The van der Waals surface area contributed by atoms with Gasteiger partial charge in [0.25, 0.3) is 5.69 Å². The summed E-state index contributed by atoms with van der Waals surface area (Å²) in [5, 5.41) is 11.4. The molecule has 18 heavy (non-hydrogen) atoms. The third-order valence-electron chi connectivity index (χ3n) is 2.83. The summed E-state index contributed by atoms with van der Waals surface area (Å²) in [6, 6.07) is 4.81. The number of hydrogen-bond donors (Lipinski definition) is 1. The number of benzene rings is 1. The smallest absolute Gasteiger partial charge is 0.274 e. The van der Waals surface area contributed by atoms with E-state index in [0.717, 1.165) is 6.42 Å². The second-order valence-electron chi connectivity index (χ2n) is 4.92. The first-order valence-corrected chi connectivity index (χ1v) is 6.47. The number of nitrogens with two attached hydrogens (primary N) is 1. The van der Waals surface area contributed by atoms with E-state index < -0.39 is 4.92 Å². The molecule has 2 N–H and O–H groups in total. The van der Waals surface area contributed by atoms with Crippen LogP contribution in [0, 0.1) is 16.0 Å². The van der Waals surface area contributed by atoms with Gasteiger partial charge in [-0.05, 0) is 31.2 Å². The van der Waals surface area contributed by atoms with Gasteiger partial charge in [-0.2, -0.15) is 0 Å². The van der Waals surface area contributed by atoms with Crippen LogP contribution in [0.5, 0.6) is 0 Å². The molecular formula is C13H19ClN2O2. The Morgan fingerprint density at radius 2 is 2.11 bits per heavy atom. The minimum absolute atomic E-state index is 0.0564. The van der Waals surface area contributed by atoms with Crippen LogP contribution in [0.2, 0.25) is 5.02 Å². The molecule has 1 rings (SSSR count). The largest absolute Gasteiger partial charge is 0.328 e. The minimum atomic E-state index is -0.394. The summed E-state index contributed by atoms with van der Waals surface area (Å²) in [6.07, 6.45) is 2.17. The van der Waals surface area contributed by atoms with E-state index in [1.165, 1.54) is 6.07 Å². The van der Waals surface area contributed by atoms with Crippen LogP contribution in [-0.4, -0.2) is 11.0 Å². The van der Waals surface area contributed by atoms with Crippen LogP contribution in [0.25, 0.3) is 0 Å². The fourth-order valence-electron chi connectivity index (χ4n) is 2.02. The molecule has 0 aromatic heterocycles. The summed E-state index contributed by atoms with van der Waals surface area (Å²) in [5.74, 6) is 0.529. The molecule has 4 nitrogen and oxygen atoms in total. The third kappa shape index (κ3) is 4.27. The number of rotatable bonds is 6. The molecule has 1 atom stereocenters. The maximum absolute atomic E-state index is 10.9. The van der Waals surface area contributed by atoms with E-state index >= 15 is 0 Å². The number of halogens is 1. The highest BCUT2D eigenvalue weighted by atomic mass is 35.5. The Morgan fingerprint density at radius 3 is 2.67 bits per heavy atom. The Bertz CT molecular complexity index is 421. The first kappa shape index (κ1) is 14.9. The van der Waals surface area contributed by atoms with Crippen molar-refractivity contribution in [1.29, 1.82) is 0 Å². The summed E-state index contributed by atoms with van der Waals surface area (Å²) < 4.78 is 0. The lowest BCUT2D eigenvalue weighted by Gasteiger charge is -2.14. The molecule has 0 aliphatic heterocycles. The minimum Gasteiger partial charge on any atom is -0.328 e. The van der Waals surface area contributed by atoms with Crippen LogP contribution in [0.4, 0.5) is 5.69 Å². The molecule has 5 heteroatoms. The molecule has 1 aromatic rings. The van der Waals surface area contributed by atoms with E-state index in [9.17, 15) is 10.1 Å². The summed E-state index contributed by atoms with van der Waals surface area (Å²) >= 11 is 6.02. The monoisotopic (exact) mass is 270 g/mol. The van der Waals surface area contributed by atoms with Crippen molar-refractivity contribution in [2.24, 2.45) is 11.7 Å². The van der Waals surface area contributed by atoms with Gasteiger partial charge in [-0.15, -0.1) is 0 Å². The molecule has 0 saturated carbocycles. The molecule has 0 bridgehead atoms. The molecule has 0 fully saturated rings. The molecule has 0 saturated heterocycles. The molecule has 100 valence electrons. The van der Waals surface area contributed by atoms with Gasteiger partial charge in [0.1, 0.15) is 0 Å². The fraction of sp³-hybridized carbons (Fsp3) is 0.538. The van der Waals surface area contributed by atoms with E-state index in [1.54, 1.807) is 12.1 Å². The zero-order valence-electron chi connectivity index (χ0n) is 10.7. The van der Waals surface area contributed by atoms with E-state index in [-0.39, 0.29) is 11.7 Å². The first-order chi connectivity index (χ1) is 8.41. The Balaban J connectivity index is 2.75. The summed E-state index contributed by atoms with van der Waals surface area (Å²) in [4.78, 5) is 10.5. The molecule has 0 spiro atoms. The molecular weight excluding hydrogens is 252 g/mol. The van der Waals surface area contributed by atoms with Crippen LogP contribution in [0.15, 0.2) is 18.2 Å². The van der Waals surface area contributed by atoms with Crippen LogP contribution in [0.3, 0.4) is 0 Å². The first-order valence-electron chi connectivity index (χ1n) is 6.09. The molecule has 0 amide bonds. The predicted molar refractivity (Wildman–Crippen MR) is 73.9 cm³/mol. The van der Waals surface area contributed by atoms with Crippen molar-refractivity contribution in [1.82, 2.24) is 0 Å². The summed E-state index contributed by atoms with van der Waals surface area (Å²) in [5.41, 5.74) is 6.65. The maximum Gasteiger partial charge on any atom is 0.274 e. The maximum atomic E-state index is 10.9. The van der Waals surface area contributed by atoms with E-state index in [1.807, 2.05) is 0 Å². The van der Waals surface area contributed by atoms with Gasteiger partial charge in [-0.3, -0.25) is 10.1 Å². The quantitative estimate of drug-likeness (QED) is 0.635. The van der Waals surface area contributed by atoms with Crippen LogP contribution >= 0.6 is 11.6 Å². The molecule has 1 unspecified atom stereocenters. The molecule has 0 radical (unpaired) electrons. The van der Waals surface area contributed by atoms with Gasteiger partial charge < -0.3 is 5.73 Å². The van der Waals surface area contributed by atoms with Gasteiger partial charge >= 0.3 is 0 Å². The van der Waals surface area contributed by atoms with Crippen molar-refractivity contribution >= 4 is 17.3 Å². The molecule has 0 heterocycles. The normalized spacial score (nSPS) is 12.7. The van der Waals surface area contributed by atoms with E-state index in [2.05, 4.69) is 13.8 Å². The Hall–Kier alpha value is -1.13. The fourth-order valence-corrected chi connectivity index (χ4v) is 2.28. The van der Waals surface area contributed by atoms with Crippen molar-refractivity contribution in [3.8, 4) is 0 Å². The van der Waals surface area contributed by atoms with Gasteiger partial charge in [0, 0.05) is 17.7 Å². The highest BCUT2D eigenvalue weighted by molar-refractivity contribution is 6.31. The molecule has 0 aliphatic rings. The van der Waals surface area contributed by atoms with Gasteiger partial charge in [-0.1, -0.05) is 31.5 Å². The van der Waals surface area contributed by atoms with Crippen molar-refractivity contribution in [2.75, 3.05) is 0 Å². The Morgan fingerprint density at radius 1 is 1.44 bits per heavy atom. The number of hydrogen-bond acceptors (Lipinski definition) is 3. The van der Waals surface area contributed by atoms with Crippen LogP contribution < -0.4 is 5.73 Å². The lowest BCUT2D eigenvalue weighted by molar-refractivity contribution is -0.385. The third-order valence-corrected chi connectivity index (χ3v) is 3.18. The van der Waals surface area contributed by atoms with Crippen molar-refractivity contribution in [3.63, 3.8) is 0 Å². The van der Waals surface area contributed by atoms with Crippen LogP contribution in [0.1, 0.15) is 32.3 Å². The van der Waals surface area contributed by atoms with Crippen molar-refractivity contribution in [3.05, 3.63) is 38.9 Å². The zero-order chi connectivity index (χ0) is 13.7. The summed E-state index contributed by atoms with van der Waals surface area (Å²) in [7, 11) is 0. The zero-order valence-corrected chi connectivity index (χ0v) is 11.5. The van der Waals surface area contributed by atoms with E-state index in [4.69, 9.17) is 17.3 Å². The van der Waals surface area contributed by atoms with Crippen molar-refractivity contribution in [2.45, 2.75) is 39.2 Å². The lowest BCUT2D eigenvalue weighted by Crippen LogP contribution is -2.22. The average molecular weight is 271 g/mol. The standard InChI is InChI=1S/C13H19ClN2O2/c1-9(2)8-10(15)6-7-11-12(14)4-3-5-13(11)16(17)18/h3-5,9-10H,6-8,15H2,1-2H3. The number of nitrogens with zero attached hydrogens (tertiary/aromatic N) is 1. The Labute approximate surface area is 112 Å². The topological polar surface area (TPSA) is 69.2 Å². The van der Waals surface area contributed by atoms with Crippen LogP contribution in [-0.2, 0) is 6.42 Å². The van der Waals surface area contributed by atoms with E-state index in [0.29, 0.717) is 29.3 Å². The highest BCUT2D eigenvalue weighted by Gasteiger charge is 2.17. The SMILES string of the molecule is CC(C)CC(N)CCc1c(Cl)cccc1[N+](=O)[O-]. The van der Waals surface area contributed by atoms with Gasteiger partial charge in [-0.25, -0.2) is 0 Å². The lowest BCUT2D eigenvalue weighted by atomic mass is 9.97. The number of nitro benzene ring substituents is 1. The average Bonchev–Trinajstić information content (AvgIpc) is 2.25.